The van der Waals surface area contributed by atoms with E-state index in [2.05, 4.69) is 169 Å². The first-order valence-electron chi connectivity index (χ1n) is 17.9. The van der Waals surface area contributed by atoms with Crippen molar-refractivity contribution in [1.29, 1.82) is 0 Å². The van der Waals surface area contributed by atoms with Crippen molar-refractivity contribution in [2.75, 3.05) is 0 Å². The zero-order valence-electron chi connectivity index (χ0n) is 28.8. The maximum Gasteiger partial charge on any atom is 0.160 e. The Morgan fingerprint density at radius 1 is 0.453 bits per heavy atom. The monoisotopic (exact) mass is 679 g/mol. The van der Waals surface area contributed by atoms with Crippen LogP contribution in [0.5, 0.6) is 0 Å². The Bertz CT molecular complexity index is 2830. The Morgan fingerprint density at radius 2 is 1.04 bits per heavy atom. The molecule has 0 amide bonds. The van der Waals surface area contributed by atoms with E-state index in [1.54, 1.807) is 0 Å². The Balaban J connectivity index is 1.18. The van der Waals surface area contributed by atoms with Crippen LogP contribution in [0, 0.1) is 0 Å². The second-order valence-corrected chi connectivity index (χ2v) is 13.4. The molecule has 2 heterocycles. The van der Waals surface area contributed by atoms with Gasteiger partial charge in [0.25, 0.3) is 0 Å². The second-order valence-electron chi connectivity index (χ2n) is 13.4. The van der Waals surface area contributed by atoms with Gasteiger partial charge in [0.2, 0.25) is 0 Å². The van der Waals surface area contributed by atoms with E-state index in [4.69, 9.17) is 14.4 Å². The van der Waals surface area contributed by atoms with E-state index in [-0.39, 0.29) is 6.17 Å². The molecule has 250 valence electrons. The maximum atomic E-state index is 6.46. The van der Waals surface area contributed by atoms with E-state index in [1.165, 1.54) is 21.9 Å². The smallest absolute Gasteiger partial charge is 0.160 e. The number of hydrogen-bond acceptors (Lipinski definition) is 4. The average Bonchev–Trinajstić information content (AvgIpc) is 3.63. The largest absolute Gasteiger partial charge is 0.456 e. The summed E-state index contributed by atoms with van der Waals surface area (Å²) in [5.74, 6) is 1.42. The molecule has 0 bridgehead atoms. The minimum atomic E-state index is -0.381. The van der Waals surface area contributed by atoms with Gasteiger partial charge >= 0.3 is 0 Å². The predicted molar refractivity (Wildman–Crippen MR) is 219 cm³/mol. The summed E-state index contributed by atoms with van der Waals surface area (Å²) in [6.45, 7) is 0. The van der Waals surface area contributed by atoms with E-state index >= 15 is 0 Å². The van der Waals surface area contributed by atoms with Crippen molar-refractivity contribution >= 4 is 44.4 Å². The maximum absolute atomic E-state index is 6.46. The summed E-state index contributed by atoms with van der Waals surface area (Å²) in [4.78, 5) is 10.8. The number of amidine groups is 2. The third-order valence-electron chi connectivity index (χ3n) is 10.2. The number of rotatable bonds is 6. The Labute approximate surface area is 307 Å². The lowest BCUT2D eigenvalue weighted by Gasteiger charge is -2.25. The first kappa shape index (κ1) is 30.8. The van der Waals surface area contributed by atoms with E-state index in [1.807, 2.05) is 24.3 Å². The number of nitrogens with zero attached hydrogens (tertiary/aromatic N) is 2. The standard InChI is InChI=1S/C49H33N3O/c1-3-11-32(12-4-1)35-19-24-37(25-20-35)47-50-48(38-26-21-36(22-27-38)33-13-5-2-6-14-33)52-49(51-47)46-41(40-28-23-34-15-7-8-16-39(34)31-40)29-30-44-45(46)42-17-9-10-18-43(42)53-44/h1-31,47H,(H,50,51,52). The molecule has 10 rings (SSSR count). The number of furan rings is 1. The molecule has 0 saturated carbocycles. The summed E-state index contributed by atoms with van der Waals surface area (Å²) in [5, 5.41) is 8.13. The second kappa shape index (κ2) is 12.9. The molecule has 1 atom stereocenters. The minimum absolute atomic E-state index is 0.381. The number of aliphatic imine (C=N–C) groups is 2. The quantitative estimate of drug-likeness (QED) is 0.190. The predicted octanol–water partition coefficient (Wildman–Crippen LogP) is 12.2. The van der Waals surface area contributed by atoms with Crippen molar-refractivity contribution in [2.24, 2.45) is 9.98 Å². The first-order chi connectivity index (χ1) is 26.2. The van der Waals surface area contributed by atoms with Gasteiger partial charge in [-0.15, -0.1) is 0 Å². The molecule has 1 aliphatic heterocycles. The van der Waals surface area contributed by atoms with Crippen LogP contribution in [0.4, 0.5) is 0 Å². The molecule has 0 spiro atoms. The van der Waals surface area contributed by atoms with E-state index < -0.39 is 0 Å². The Hall–Kier alpha value is -7.04. The highest BCUT2D eigenvalue weighted by molar-refractivity contribution is 6.25. The highest BCUT2D eigenvalue weighted by atomic mass is 16.3. The van der Waals surface area contributed by atoms with Gasteiger partial charge in [-0.25, -0.2) is 9.98 Å². The summed E-state index contributed by atoms with van der Waals surface area (Å²) >= 11 is 0. The van der Waals surface area contributed by atoms with Crippen LogP contribution in [0.1, 0.15) is 22.9 Å². The van der Waals surface area contributed by atoms with Crippen molar-refractivity contribution in [3.8, 4) is 33.4 Å². The fraction of sp³-hybridized carbons (Fsp3) is 0.0204. The molecule has 4 heteroatoms. The molecule has 1 aromatic heterocycles. The molecule has 4 nitrogen and oxygen atoms in total. The number of nitrogens with one attached hydrogen (secondary N) is 1. The number of fused-ring (bicyclic) bond motifs is 4. The summed E-state index contributed by atoms with van der Waals surface area (Å²) in [7, 11) is 0. The van der Waals surface area contributed by atoms with Gasteiger partial charge in [0.1, 0.15) is 23.2 Å². The first-order valence-corrected chi connectivity index (χ1v) is 17.9. The van der Waals surface area contributed by atoms with Crippen molar-refractivity contribution in [3.05, 3.63) is 205 Å². The van der Waals surface area contributed by atoms with Gasteiger partial charge in [-0.05, 0) is 74.0 Å². The van der Waals surface area contributed by atoms with Gasteiger partial charge in [-0.2, -0.15) is 0 Å². The van der Waals surface area contributed by atoms with Gasteiger partial charge in [-0.3, -0.25) is 0 Å². The van der Waals surface area contributed by atoms with Crippen molar-refractivity contribution in [1.82, 2.24) is 5.32 Å². The third-order valence-corrected chi connectivity index (χ3v) is 10.2. The minimum Gasteiger partial charge on any atom is -0.456 e. The molecule has 53 heavy (non-hydrogen) atoms. The zero-order chi connectivity index (χ0) is 35.1. The molecule has 1 unspecified atom stereocenters. The zero-order valence-corrected chi connectivity index (χ0v) is 28.8. The van der Waals surface area contributed by atoms with E-state index in [0.717, 1.165) is 66.7 Å². The van der Waals surface area contributed by atoms with Gasteiger partial charge in [-0.1, -0.05) is 164 Å². The molecular weight excluding hydrogens is 647 g/mol. The van der Waals surface area contributed by atoms with Crippen LogP contribution in [0.15, 0.2) is 202 Å². The van der Waals surface area contributed by atoms with Crippen LogP contribution in [-0.4, -0.2) is 11.7 Å². The van der Waals surface area contributed by atoms with Crippen LogP contribution < -0.4 is 5.32 Å². The Kier molecular flexibility index (Phi) is 7.51. The van der Waals surface area contributed by atoms with Crippen LogP contribution in [-0.2, 0) is 0 Å². The SMILES string of the molecule is c1ccc(-c2ccc(C3=NC(c4c(-c5ccc6ccccc6c5)ccc5oc6ccccc6c45)=NC(c4ccc(-c5ccccc5)cc4)N3)cc2)cc1. The lowest BCUT2D eigenvalue weighted by molar-refractivity contribution is 0.668. The molecule has 0 saturated heterocycles. The van der Waals surface area contributed by atoms with Crippen molar-refractivity contribution in [2.45, 2.75) is 6.17 Å². The summed E-state index contributed by atoms with van der Waals surface area (Å²) in [6.07, 6.45) is -0.381. The molecule has 0 fully saturated rings. The molecule has 0 aliphatic carbocycles. The number of benzene rings is 8. The third kappa shape index (κ3) is 5.67. The summed E-state index contributed by atoms with van der Waals surface area (Å²) in [6, 6.07) is 65.8. The lowest BCUT2D eigenvalue weighted by atomic mass is 9.92. The van der Waals surface area contributed by atoms with E-state index in [0.29, 0.717) is 5.84 Å². The van der Waals surface area contributed by atoms with Crippen LogP contribution >= 0.6 is 0 Å². The van der Waals surface area contributed by atoms with Crippen molar-refractivity contribution in [3.63, 3.8) is 0 Å². The molecular formula is C49H33N3O. The lowest BCUT2D eigenvalue weighted by Crippen LogP contribution is -2.33. The Morgan fingerprint density at radius 3 is 1.77 bits per heavy atom. The molecule has 1 aliphatic rings. The summed E-state index contributed by atoms with van der Waals surface area (Å²) in [5.41, 5.74) is 11.4. The van der Waals surface area contributed by atoms with Crippen LogP contribution in [0.2, 0.25) is 0 Å². The van der Waals surface area contributed by atoms with Crippen LogP contribution in [0.25, 0.3) is 66.1 Å². The fourth-order valence-electron chi connectivity index (χ4n) is 7.46. The number of hydrogen-bond donors (Lipinski definition) is 1. The average molecular weight is 680 g/mol. The fourth-order valence-corrected chi connectivity index (χ4v) is 7.46. The van der Waals surface area contributed by atoms with Gasteiger partial charge in [0.15, 0.2) is 5.84 Å². The number of para-hydroxylation sites is 1. The highest BCUT2D eigenvalue weighted by Crippen LogP contribution is 2.39. The normalized spacial score (nSPS) is 14.2. The van der Waals surface area contributed by atoms with E-state index in [9.17, 15) is 0 Å². The highest BCUT2D eigenvalue weighted by Gasteiger charge is 2.26. The van der Waals surface area contributed by atoms with Gasteiger partial charge < -0.3 is 9.73 Å². The van der Waals surface area contributed by atoms with Gasteiger partial charge in [0.05, 0.1) is 0 Å². The molecule has 8 aromatic carbocycles. The molecule has 9 aromatic rings. The molecule has 1 N–H and O–H groups in total. The van der Waals surface area contributed by atoms with Crippen LogP contribution in [0.3, 0.4) is 0 Å². The summed E-state index contributed by atoms with van der Waals surface area (Å²) < 4.78 is 6.46. The topological polar surface area (TPSA) is 49.9 Å². The van der Waals surface area contributed by atoms with Crippen molar-refractivity contribution < 1.29 is 4.42 Å². The van der Waals surface area contributed by atoms with Gasteiger partial charge in [0, 0.05) is 21.9 Å². The molecule has 0 radical (unpaired) electrons.